The van der Waals surface area contributed by atoms with Crippen LogP contribution in [0, 0.1) is 5.92 Å². The molecule has 0 aromatic heterocycles. The van der Waals surface area contributed by atoms with Gasteiger partial charge in [0.2, 0.25) is 0 Å². The van der Waals surface area contributed by atoms with Gasteiger partial charge in [-0.3, -0.25) is 0 Å². The van der Waals surface area contributed by atoms with E-state index in [2.05, 4.69) is 0 Å². The molecule has 1 atom stereocenters. The van der Waals surface area contributed by atoms with Gasteiger partial charge in [0.25, 0.3) is 0 Å². The van der Waals surface area contributed by atoms with Gasteiger partial charge < -0.3 is 0 Å². The summed E-state index contributed by atoms with van der Waals surface area (Å²) in [5, 5.41) is 0. The minimum atomic E-state index is -4.11. The number of hydrogen-bond acceptors (Lipinski definition) is 1. The molecule has 0 bridgehead atoms. The molecule has 0 N–H and O–H groups in total. The molecule has 0 rings (SSSR count). The lowest BCUT2D eigenvalue weighted by atomic mass is 10.3. The average molecular weight is 193 g/mol. The van der Waals surface area contributed by atoms with Gasteiger partial charge in [0.15, 0.2) is 0 Å². The number of hydrogen-bond donors (Lipinski definition) is 0. The molecule has 0 aliphatic rings. The summed E-state index contributed by atoms with van der Waals surface area (Å²) in [6.07, 6.45) is 0. The highest BCUT2D eigenvalue weighted by Crippen LogP contribution is 2.31. The second-order valence-electron chi connectivity index (χ2n) is 2.02. The van der Waals surface area contributed by atoms with Crippen molar-refractivity contribution in [2.45, 2.75) is 12.4 Å². The van der Waals surface area contributed by atoms with Crippen LogP contribution in [-0.4, -0.2) is 17.1 Å². The van der Waals surface area contributed by atoms with E-state index < -0.39 is 5.51 Å². The summed E-state index contributed by atoms with van der Waals surface area (Å²) in [5.41, 5.74) is -4.11. The van der Waals surface area contributed by atoms with E-state index in [9.17, 15) is 13.2 Å². The number of halogens is 4. The molecule has 0 aromatic carbocycles. The molecular formula is C5H8ClF3S. The van der Waals surface area contributed by atoms with Gasteiger partial charge in [0.1, 0.15) is 0 Å². The average Bonchev–Trinajstić information content (AvgIpc) is 1.81. The minimum absolute atomic E-state index is 0.0182. The van der Waals surface area contributed by atoms with Crippen LogP contribution in [0.25, 0.3) is 0 Å². The van der Waals surface area contributed by atoms with Crippen molar-refractivity contribution >= 4 is 23.4 Å². The third-order valence-corrected chi connectivity index (χ3v) is 2.38. The molecule has 0 saturated carbocycles. The van der Waals surface area contributed by atoms with Crippen LogP contribution in [0.15, 0.2) is 0 Å². The topological polar surface area (TPSA) is 0 Å². The van der Waals surface area contributed by atoms with Crippen molar-refractivity contribution in [3.8, 4) is 0 Å². The van der Waals surface area contributed by atoms with Gasteiger partial charge in [0.05, 0.1) is 0 Å². The van der Waals surface area contributed by atoms with Gasteiger partial charge in [-0.15, -0.1) is 11.6 Å². The third-order valence-electron chi connectivity index (χ3n) is 0.795. The second kappa shape index (κ2) is 4.34. The van der Waals surface area contributed by atoms with Crippen LogP contribution in [0.2, 0.25) is 0 Å². The Kier molecular flexibility index (Phi) is 4.52. The largest absolute Gasteiger partial charge is 0.441 e. The normalized spacial score (nSPS) is 15.3. The van der Waals surface area contributed by atoms with Crippen molar-refractivity contribution in [2.75, 3.05) is 11.6 Å². The van der Waals surface area contributed by atoms with Gasteiger partial charge in [-0.1, -0.05) is 18.7 Å². The Morgan fingerprint density at radius 2 is 2.00 bits per heavy atom. The van der Waals surface area contributed by atoms with E-state index in [0.717, 1.165) is 0 Å². The Morgan fingerprint density at radius 1 is 1.50 bits per heavy atom. The van der Waals surface area contributed by atoms with Crippen molar-refractivity contribution < 1.29 is 13.2 Å². The molecule has 0 fully saturated rings. The van der Waals surface area contributed by atoms with Crippen LogP contribution in [-0.2, 0) is 0 Å². The van der Waals surface area contributed by atoms with E-state index in [1.165, 1.54) is 0 Å². The summed E-state index contributed by atoms with van der Waals surface area (Å²) in [6.45, 7) is 1.69. The first-order valence-corrected chi connectivity index (χ1v) is 4.24. The highest BCUT2D eigenvalue weighted by molar-refractivity contribution is 8.00. The zero-order valence-electron chi connectivity index (χ0n) is 5.41. The first kappa shape index (κ1) is 10.4. The first-order valence-electron chi connectivity index (χ1n) is 2.72. The first-order chi connectivity index (χ1) is 4.45. The lowest BCUT2D eigenvalue weighted by Crippen LogP contribution is -2.07. The minimum Gasteiger partial charge on any atom is -0.160 e. The monoisotopic (exact) mass is 192 g/mol. The molecule has 0 heterocycles. The van der Waals surface area contributed by atoms with Gasteiger partial charge in [0, 0.05) is 11.6 Å². The van der Waals surface area contributed by atoms with Crippen LogP contribution in [0.4, 0.5) is 13.2 Å². The van der Waals surface area contributed by atoms with Crippen LogP contribution in [0.1, 0.15) is 6.92 Å². The van der Waals surface area contributed by atoms with Gasteiger partial charge in [-0.05, 0) is 5.92 Å². The van der Waals surface area contributed by atoms with E-state index in [1.807, 2.05) is 0 Å². The Morgan fingerprint density at radius 3 is 2.30 bits per heavy atom. The van der Waals surface area contributed by atoms with E-state index in [4.69, 9.17) is 11.6 Å². The van der Waals surface area contributed by atoms with Crippen LogP contribution >= 0.6 is 23.4 Å². The molecule has 0 aromatic rings. The maximum Gasteiger partial charge on any atom is 0.441 e. The highest BCUT2D eigenvalue weighted by Gasteiger charge is 2.28. The second-order valence-corrected chi connectivity index (χ2v) is 3.41. The lowest BCUT2D eigenvalue weighted by Gasteiger charge is -2.08. The standard InChI is InChI=1S/C5H8ClF3S/c1-4(2-6)3-10-5(7,8)9/h4H,2-3H2,1H3. The van der Waals surface area contributed by atoms with Crippen LogP contribution in [0.3, 0.4) is 0 Å². The fraction of sp³-hybridized carbons (Fsp3) is 1.00. The Bertz CT molecular complexity index is 93.4. The molecule has 0 radical (unpaired) electrons. The zero-order chi connectivity index (χ0) is 8.20. The molecule has 0 saturated heterocycles. The van der Waals surface area contributed by atoms with Gasteiger partial charge in [-0.2, -0.15) is 13.2 Å². The summed E-state index contributed by atoms with van der Waals surface area (Å²) in [4.78, 5) is 0. The fourth-order valence-corrected chi connectivity index (χ4v) is 1.11. The third kappa shape index (κ3) is 6.55. The van der Waals surface area contributed by atoms with E-state index in [1.54, 1.807) is 6.92 Å². The Hall–Kier alpha value is 0.430. The molecule has 5 heteroatoms. The number of thioether (sulfide) groups is 1. The molecule has 0 nitrogen and oxygen atoms in total. The fourth-order valence-electron chi connectivity index (χ4n) is 0.281. The summed E-state index contributed by atoms with van der Waals surface area (Å²) >= 11 is 5.28. The molecule has 10 heavy (non-hydrogen) atoms. The van der Waals surface area contributed by atoms with Gasteiger partial charge >= 0.3 is 5.51 Å². The SMILES string of the molecule is CC(CCl)CSC(F)(F)F. The molecule has 1 unspecified atom stereocenters. The zero-order valence-corrected chi connectivity index (χ0v) is 6.98. The number of rotatable bonds is 3. The quantitative estimate of drug-likeness (QED) is 0.620. The summed E-state index contributed by atoms with van der Waals surface area (Å²) < 4.78 is 34.4. The Balaban J connectivity index is 3.36. The van der Waals surface area contributed by atoms with Gasteiger partial charge in [-0.25, -0.2) is 0 Å². The predicted molar refractivity (Wildman–Crippen MR) is 38.4 cm³/mol. The van der Waals surface area contributed by atoms with Crippen molar-refractivity contribution in [3.63, 3.8) is 0 Å². The molecule has 0 spiro atoms. The maximum atomic E-state index is 11.5. The Labute approximate surface area is 67.1 Å². The van der Waals surface area contributed by atoms with E-state index in [-0.39, 0.29) is 29.3 Å². The molecule has 0 aliphatic heterocycles. The molecule has 62 valence electrons. The summed E-state index contributed by atoms with van der Waals surface area (Å²) in [6, 6.07) is 0. The van der Waals surface area contributed by atoms with Crippen molar-refractivity contribution in [1.29, 1.82) is 0 Å². The summed E-state index contributed by atoms with van der Waals surface area (Å²) in [7, 11) is 0. The number of alkyl halides is 4. The smallest absolute Gasteiger partial charge is 0.160 e. The maximum absolute atomic E-state index is 11.5. The molecule has 0 amide bonds. The van der Waals surface area contributed by atoms with Crippen molar-refractivity contribution in [3.05, 3.63) is 0 Å². The van der Waals surface area contributed by atoms with Crippen LogP contribution < -0.4 is 0 Å². The van der Waals surface area contributed by atoms with Crippen molar-refractivity contribution in [2.24, 2.45) is 5.92 Å². The lowest BCUT2D eigenvalue weighted by molar-refractivity contribution is -0.0329. The molecule has 0 aliphatic carbocycles. The van der Waals surface area contributed by atoms with E-state index in [0.29, 0.717) is 0 Å². The van der Waals surface area contributed by atoms with Crippen LogP contribution in [0.5, 0.6) is 0 Å². The van der Waals surface area contributed by atoms with E-state index >= 15 is 0 Å². The molecular weight excluding hydrogens is 185 g/mol. The predicted octanol–water partition coefficient (Wildman–Crippen LogP) is 3.11. The highest BCUT2D eigenvalue weighted by atomic mass is 35.5. The van der Waals surface area contributed by atoms with Crippen molar-refractivity contribution in [1.82, 2.24) is 0 Å². The summed E-state index contributed by atoms with van der Waals surface area (Å²) in [5.74, 6) is 0.254.